The zero-order valence-electron chi connectivity index (χ0n) is 14.0. The molecular weight excluding hydrogens is 355 g/mol. The molecule has 0 radical (unpaired) electrons. The molecule has 0 unspecified atom stereocenters. The van der Waals surface area contributed by atoms with E-state index in [1.165, 1.54) is 0 Å². The Morgan fingerprint density at radius 1 is 1.04 bits per heavy atom. The van der Waals surface area contributed by atoms with Gasteiger partial charge in [0.1, 0.15) is 11.4 Å². The van der Waals surface area contributed by atoms with E-state index in [0.717, 1.165) is 42.0 Å². The maximum Gasteiger partial charge on any atom is 0.117 e. The molecule has 6 heteroatoms. The van der Waals surface area contributed by atoms with Crippen molar-refractivity contribution in [2.45, 2.75) is 26.4 Å². The molecule has 2 aromatic carbocycles. The van der Waals surface area contributed by atoms with Crippen LogP contribution in [0.1, 0.15) is 18.2 Å². The van der Waals surface area contributed by atoms with Gasteiger partial charge in [0, 0.05) is 22.2 Å². The molecule has 130 valence electrons. The number of aryl methyl sites for hydroxylation is 1. The first-order valence-electron chi connectivity index (χ1n) is 8.31. The molecule has 0 amide bonds. The van der Waals surface area contributed by atoms with Crippen LogP contribution in [0.15, 0.2) is 48.5 Å². The Labute approximate surface area is 157 Å². The van der Waals surface area contributed by atoms with Gasteiger partial charge in [-0.15, -0.1) is 0 Å². The standard InChI is InChI=1S/C19H20Cl2N4/c1-2-25-23-18(19(24-25)15-6-4-3-5-7-15)13-22-11-10-14-8-9-16(20)12-17(14)21/h3-9,12,22H,2,10-11,13H2,1H3. The van der Waals surface area contributed by atoms with E-state index in [1.54, 1.807) is 10.9 Å². The minimum Gasteiger partial charge on any atom is -0.311 e. The molecule has 0 bridgehead atoms. The predicted octanol–water partition coefficient (Wildman–Crippen LogP) is 4.60. The van der Waals surface area contributed by atoms with Crippen LogP contribution in [0.5, 0.6) is 0 Å². The van der Waals surface area contributed by atoms with E-state index in [2.05, 4.69) is 27.6 Å². The molecule has 25 heavy (non-hydrogen) atoms. The Kier molecular flexibility index (Phi) is 6.08. The summed E-state index contributed by atoms with van der Waals surface area (Å²) in [5.74, 6) is 0. The van der Waals surface area contributed by atoms with Crippen LogP contribution in [-0.4, -0.2) is 21.5 Å². The number of aromatic nitrogens is 3. The Morgan fingerprint density at radius 3 is 2.56 bits per heavy atom. The van der Waals surface area contributed by atoms with Gasteiger partial charge < -0.3 is 5.32 Å². The number of rotatable bonds is 7. The summed E-state index contributed by atoms with van der Waals surface area (Å²) in [7, 11) is 0. The monoisotopic (exact) mass is 374 g/mol. The molecule has 0 atom stereocenters. The Hall–Kier alpha value is -1.88. The quantitative estimate of drug-likeness (QED) is 0.614. The number of nitrogens with zero attached hydrogens (tertiary/aromatic N) is 3. The van der Waals surface area contributed by atoms with Crippen LogP contribution in [0.25, 0.3) is 11.3 Å². The van der Waals surface area contributed by atoms with Crippen molar-refractivity contribution < 1.29 is 0 Å². The lowest BCUT2D eigenvalue weighted by Crippen LogP contribution is -2.17. The van der Waals surface area contributed by atoms with E-state index in [9.17, 15) is 0 Å². The maximum atomic E-state index is 6.21. The summed E-state index contributed by atoms with van der Waals surface area (Å²) in [6, 6.07) is 15.8. The summed E-state index contributed by atoms with van der Waals surface area (Å²) in [6.45, 7) is 4.25. The van der Waals surface area contributed by atoms with Gasteiger partial charge in [0.25, 0.3) is 0 Å². The van der Waals surface area contributed by atoms with E-state index in [1.807, 2.05) is 37.3 Å². The van der Waals surface area contributed by atoms with Crippen LogP contribution >= 0.6 is 23.2 Å². The van der Waals surface area contributed by atoms with E-state index >= 15 is 0 Å². The highest BCUT2D eigenvalue weighted by molar-refractivity contribution is 6.35. The van der Waals surface area contributed by atoms with Crippen molar-refractivity contribution in [3.05, 3.63) is 69.8 Å². The first kappa shape index (κ1) is 17.9. The minimum atomic E-state index is 0.658. The zero-order chi connectivity index (χ0) is 17.6. The van der Waals surface area contributed by atoms with Crippen molar-refractivity contribution in [1.82, 2.24) is 20.3 Å². The molecule has 0 saturated heterocycles. The van der Waals surface area contributed by atoms with E-state index in [4.69, 9.17) is 23.2 Å². The van der Waals surface area contributed by atoms with Crippen molar-refractivity contribution in [3.63, 3.8) is 0 Å². The van der Waals surface area contributed by atoms with Crippen LogP contribution in [0.3, 0.4) is 0 Å². The summed E-state index contributed by atoms with van der Waals surface area (Å²) in [5.41, 5.74) is 4.05. The van der Waals surface area contributed by atoms with Gasteiger partial charge in [0.05, 0.1) is 6.54 Å². The fourth-order valence-corrected chi connectivity index (χ4v) is 3.12. The van der Waals surface area contributed by atoms with Crippen molar-refractivity contribution in [2.24, 2.45) is 0 Å². The topological polar surface area (TPSA) is 42.7 Å². The lowest BCUT2D eigenvalue weighted by Gasteiger charge is -2.06. The molecule has 3 aromatic rings. The van der Waals surface area contributed by atoms with Crippen LogP contribution < -0.4 is 5.32 Å². The van der Waals surface area contributed by atoms with Crippen LogP contribution in [0.2, 0.25) is 10.0 Å². The third-order valence-corrected chi connectivity index (χ3v) is 4.52. The van der Waals surface area contributed by atoms with E-state index in [0.29, 0.717) is 16.6 Å². The molecule has 1 heterocycles. The minimum absolute atomic E-state index is 0.658. The molecule has 0 spiro atoms. The van der Waals surface area contributed by atoms with Crippen LogP contribution in [0.4, 0.5) is 0 Å². The summed E-state index contributed by atoms with van der Waals surface area (Å²) >= 11 is 12.1. The fraction of sp³-hybridized carbons (Fsp3) is 0.263. The average molecular weight is 375 g/mol. The van der Waals surface area contributed by atoms with Gasteiger partial charge in [-0.3, -0.25) is 0 Å². The number of halogens is 2. The predicted molar refractivity (Wildman–Crippen MR) is 103 cm³/mol. The van der Waals surface area contributed by atoms with E-state index < -0.39 is 0 Å². The van der Waals surface area contributed by atoms with Crippen molar-refractivity contribution >= 4 is 23.2 Å². The molecule has 0 fully saturated rings. The third kappa shape index (κ3) is 4.60. The summed E-state index contributed by atoms with van der Waals surface area (Å²) in [5, 5.41) is 14.0. The number of nitrogens with one attached hydrogen (secondary N) is 1. The van der Waals surface area contributed by atoms with Gasteiger partial charge in [-0.25, -0.2) is 0 Å². The smallest absolute Gasteiger partial charge is 0.117 e. The SMILES string of the molecule is CCn1nc(CNCCc2ccc(Cl)cc2Cl)c(-c2ccccc2)n1. The summed E-state index contributed by atoms with van der Waals surface area (Å²) in [4.78, 5) is 1.73. The average Bonchev–Trinajstić information content (AvgIpc) is 3.04. The first-order valence-corrected chi connectivity index (χ1v) is 9.07. The molecule has 3 rings (SSSR count). The van der Waals surface area contributed by atoms with Crippen molar-refractivity contribution in [2.75, 3.05) is 6.54 Å². The van der Waals surface area contributed by atoms with Gasteiger partial charge in [-0.05, 0) is 37.6 Å². The molecular formula is C19H20Cl2N4. The molecule has 1 N–H and O–H groups in total. The highest BCUT2D eigenvalue weighted by Crippen LogP contribution is 2.22. The normalized spacial score (nSPS) is 11.0. The van der Waals surface area contributed by atoms with E-state index in [-0.39, 0.29) is 0 Å². The van der Waals surface area contributed by atoms with Gasteiger partial charge in [0.15, 0.2) is 0 Å². The first-order chi connectivity index (χ1) is 12.2. The fourth-order valence-electron chi connectivity index (χ4n) is 2.62. The maximum absolute atomic E-state index is 6.21. The molecule has 1 aromatic heterocycles. The summed E-state index contributed by atoms with van der Waals surface area (Å²) < 4.78 is 0. The number of hydrogen-bond donors (Lipinski definition) is 1. The molecule has 0 aliphatic rings. The van der Waals surface area contributed by atoms with Crippen molar-refractivity contribution in [1.29, 1.82) is 0 Å². The lowest BCUT2D eigenvalue weighted by atomic mass is 10.1. The van der Waals surface area contributed by atoms with Crippen molar-refractivity contribution in [3.8, 4) is 11.3 Å². The van der Waals surface area contributed by atoms with Gasteiger partial charge in [0.2, 0.25) is 0 Å². The number of benzene rings is 2. The zero-order valence-corrected chi connectivity index (χ0v) is 15.6. The molecule has 0 saturated carbocycles. The van der Waals surface area contributed by atoms with Crippen LogP contribution in [0, 0.1) is 0 Å². The van der Waals surface area contributed by atoms with Gasteiger partial charge >= 0.3 is 0 Å². The molecule has 4 nitrogen and oxygen atoms in total. The second kappa shape index (κ2) is 8.48. The lowest BCUT2D eigenvalue weighted by molar-refractivity contribution is 0.558. The van der Waals surface area contributed by atoms with Gasteiger partial charge in [-0.2, -0.15) is 15.0 Å². The number of hydrogen-bond acceptors (Lipinski definition) is 3. The second-order valence-electron chi connectivity index (χ2n) is 5.71. The summed E-state index contributed by atoms with van der Waals surface area (Å²) in [6.07, 6.45) is 0.832. The Morgan fingerprint density at radius 2 is 1.84 bits per heavy atom. The Balaban J connectivity index is 1.64. The molecule has 0 aliphatic heterocycles. The highest BCUT2D eigenvalue weighted by atomic mass is 35.5. The van der Waals surface area contributed by atoms with Gasteiger partial charge in [-0.1, -0.05) is 59.6 Å². The second-order valence-corrected chi connectivity index (χ2v) is 6.56. The largest absolute Gasteiger partial charge is 0.311 e. The van der Waals surface area contributed by atoms with Crippen LogP contribution in [-0.2, 0) is 19.5 Å². The molecule has 0 aliphatic carbocycles. The third-order valence-electron chi connectivity index (χ3n) is 3.93. The Bertz CT molecular complexity index is 831. The highest BCUT2D eigenvalue weighted by Gasteiger charge is 2.12.